The molecule has 1 aromatic heterocycles. The molecular formula is C14H16F2N2S. The molecule has 1 aromatic carbocycles. The summed E-state index contributed by atoms with van der Waals surface area (Å²) in [5, 5.41) is 3.19. The minimum absolute atomic E-state index is 0.253. The maximum absolute atomic E-state index is 13.8. The summed E-state index contributed by atoms with van der Waals surface area (Å²) in [6.45, 7) is 5.92. The predicted molar refractivity (Wildman–Crippen MR) is 73.2 cm³/mol. The van der Waals surface area contributed by atoms with Crippen LogP contribution in [0.4, 0.5) is 8.78 Å². The van der Waals surface area contributed by atoms with E-state index in [1.807, 2.05) is 13.8 Å². The summed E-state index contributed by atoms with van der Waals surface area (Å²) in [7, 11) is 0. The van der Waals surface area contributed by atoms with Crippen LogP contribution >= 0.6 is 11.3 Å². The molecule has 2 rings (SSSR count). The number of thiazole rings is 1. The number of aromatic nitrogens is 1. The Kier molecular flexibility index (Phi) is 4.27. The first-order valence-electron chi connectivity index (χ1n) is 6.07. The number of hydrogen-bond acceptors (Lipinski definition) is 3. The lowest BCUT2D eigenvalue weighted by Crippen LogP contribution is -2.19. The number of hydrogen-bond donors (Lipinski definition) is 1. The highest BCUT2D eigenvalue weighted by Gasteiger charge is 2.14. The maximum atomic E-state index is 13.8. The van der Waals surface area contributed by atoms with Crippen molar-refractivity contribution < 1.29 is 8.78 Å². The van der Waals surface area contributed by atoms with Crippen molar-refractivity contribution in [3.05, 3.63) is 51.0 Å². The van der Waals surface area contributed by atoms with Crippen LogP contribution < -0.4 is 5.32 Å². The van der Waals surface area contributed by atoms with E-state index in [-0.39, 0.29) is 17.7 Å². The number of benzene rings is 1. The average molecular weight is 282 g/mol. The number of rotatable bonds is 4. The molecule has 2 nitrogen and oxygen atoms in total. The normalized spacial score (nSPS) is 12.7. The molecule has 102 valence electrons. The SMILES string of the molecule is Cc1cc(F)c(C(C)NCc2scnc2C)cc1F. The van der Waals surface area contributed by atoms with Crippen molar-refractivity contribution in [3.8, 4) is 0 Å². The van der Waals surface area contributed by atoms with E-state index in [0.717, 1.165) is 10.6 Å². The smallest absolute Gasteiger partial charge is 0.128 e. The summed E-state index contributed by atoms with van der Waals surface area (Å²) in [4.78, 5) is 5.27. The van der Waals surface area contributed by atoms with Crippen molar-refractivity contribution in [2.75, 3.05) is 0 Å². The van der Waals surface area contributed by atoms with E-state index < -0.39 is 0 Å². The minimum Gasteiger partial charge on any atom is -0.305 e. The maximum Gasteiger partial charge on any atom is 0.128 e. The Hall–Kier alpha value is -1.33. The third-order valence-corrected chi connectivity index (χ3v) is 4.09. The van der Waals surface area contributed by atoms with Gasteiger partial charge in [0.25, 0.3) is 0 Å². The second-order valence-corrected chi connectivity index (χ2v) is 5.53. The summed E-state index contributed by atoms with van der Waals surface area (Å²) in [6.07, 6.45) is 0. The van der Waals surface area contributed by atoms with Gasteiger partial charge in [-0.25, -0.2) is 13.8 Å². The van der Waals surface area contributed by atoms with Crippen LogP contribution in [0.25, 0.3) is 0 Å². The van der Waals surface area contributed by atoms with Crippen molar-refractivity contribution in [3.63, 3.8) is 0 Å². The number of nitrogens with zero attached hydrogens (tertiary/aromatic N) is 1. The van der Waals surface area contributed by atoms with E-state index in [2.05, 4.69) is 10.3 Å². The Bertz CT molecular complexity index is 581. The zero-order valence-electron chi connectivity index (χ0n) is 11.1. The molecule has 0 aliphatic rings. The minimum atomic E-state index is -0.376. The van der Waals surface area contributed by atoms with Gasteiger partial charge in [-0.05, 0) is 38.5 Å². The van der Waals surface area contributed by atoms with Gasteiger partial charge >= 0.3 is 0 Å². The molecule has 0 aliphatic heterocycles. The fourth-order valence-corrected chi connectivity index (χ4v) is 2.57. The Morgan fingerprint density at radius 2 is 2.00 bits per heavy atom. The first-order valence-corrected chi connectivity index (χ1v) is 6.95. The van der Waals surface area contributed by atoms with Crippen LogP contribution in [0.15, 0.2) is 17.6 Å². The van der Waals surface area contributed by atoms with E-state index in [0.29, 0.717) is 17.7 Å². The highest BCUT2D eigenvalue weighted by atomic mass is 32.1. The van der Waals surface area contributed by atoms with Crippen molar-refractivity contribution in [1.29, 1.82) is 0 Å². The summed E-state index contributed by atoms with van der Waals surface area (Å²) in [5.74, 6) is -0.751. The van der Waals surface area contributed by atoms with E-state index >= 15 is 0 Å². The third-order valence-electron chi connectivity index (χ3n) is 3.16. The van der Waals surface area contributed by atoms with Crippen LogP contribution in [0.1, 0.15) is 34.7 Å². The van der Waals surface area contributed by atoms with Crippen LogP contribution in [0.2, 0.25) is 0 Å². The third kappa shape index (κ3) is 3.16. The molecule has 1 N–H and O–H groups in total. The molecule has 0 bridgehead atoms. The van der Waals surface area contributed by atoms with Crippen LogP contribution in [0, 0.1) is 25.5 Å². The van der Waals surface area contributed by atoms with Crippen molar-refractivity contribution >= 4 is 11.3 Å². The quantitative estimate of drug-likeness (QED) is 0.920. The molecule has 1 unspecified atom stereocenters. The van der Waals surface area contributed by atoms with Crippen molar-refractivity contribution in [2.45, 2.75) is 33.4 Å². The lowest BCUT2D eigenvalue weighted by atomic mass is 10.0. The number of nitrogens with one attached hydrogen (secondary N) is 1. The van der Waals surface area contributed by atoms with Gasteiger partial charge in [-0.1, -0.05) is 0 Å². The van der Waals surface area contributed by atoms with Gasteiger partial charge in [0, 0.05) is 23.0 Å². The molecule has 0 saturated carbocycles. The molecule has 1 atom stereocenters. The van der Waals surface area contributed by atoms with E-state index in [1.54, 1.807) is 23.8 Å². The molecule has 1 heterocycles. The monoisotopic (exact) mass is 282 g/mol. The second-order valence-electron chi connectivity index (χ2n) is 4.59. The van der Waals surface area contributed by atoms with Crippen LogP contribution in [0.5, 0.6) is 0 Å². The Balaban J connectivity index is 2.10. The van der Waals surface area contributed by atoms with Crippen molar-refractivity contribution in [1.82, 2.24) is 10.3 Å². The molecule has 5 heteroatoms. The fourth-order valence-electron chi connectivity index (χ4n) is 1.85. The lowest BCUT2D eigenvalue weighted by Gasteiger charge is -2.15. The van der Waals surface area contributed by atoms with E-state index in [1.165, 1.54) is 12.1 Å². The molecule has 0 fully saturated rings. The first-order chi connectivity index (χ1) is 8.99. The summed E-state index contributed by atoms with van der Waals surface area (Å²) < 4.78 is 27.3. The Labute approximate surface area is 115 Å². The average Bonchev–Trinajstić information content (AvgIpc) is 2.76. The van der Waals surface area contributed by atoms with Gasteiger partial charge in [0.15, 0.2) is 0 Å². The molecule has 0 aliphatic carbocycles. The van der Waals surface area contributed by atoms with Gasteiger partial charge in [0.05, 0.1) is 11.2 Å². The van der Waals surface area contributed by atoms with Crippen LogP contribution in [0.3, 0.4) is 0 Å². The zero-order chi connectivity index (χ0) is 14.0. The van der Waals surface area contributed by atoms with Gasteiger partial charge in [-0.2, -0.15) is 0 Å². The van der Waals surface area contributed by atoms with Gasteiger partial charge in [-0.15, -0.1) is 11.3 Å². The van der Waals surface area contributed by atoms with Crippen molar-refractivity contribution in [2.24, 2.45) is 0 Å². The standard InChI is InChI=1S/C14H16F2N2S/c1-8-4-13(16)11(5-12(8)15)9(2)17-6-14-10(3)18-7-19-14/h4-5,7,9,17H,6H2,1-3H3. The highest BCUT2D eigenvalue weighted by Crippen LogP contribution is 2.21. The highest BCUT2D eigenvalue weighted by molar-refractivity contribution is 7.09. The molecule has 0 spiro atoms. The van der Waals surface area contributed by atoms with Crippen LogP contribution in [-0.4, -0.2) is 4.98 Å². The van der Waals surface area contributed by atoms with Gasteiger partial charge in [0.1, 0.15) is 11.6 Å². The van der Waals surface area contributed by atoms with Gasteiger partial charge in [0.2, 0.25) is 0 Å². The molecule has 19 heavy (non-hydrogen) atoms. The summed E-state index contributed by atoms with van der Waals surface area (Å²) >= 11 is 1.56. The molecule has 2 aromatic rings. The molecular weight excluding hydrogens is 266 g/mol. The molecule has 0 amide bonds. The van der Waals surface area contributed by atoms with E-state index in [4.69, 9.17) is 0 Å². The largest absolute Gasteiger partial charge is 0.305 e. The van der Waals surface area contributed by atoms with Gasteiger partial charge < -0.3 is 5.32 Å². The molecule has 0 saturated heterocycles. The fraction of sp³-hybridized carbons (Fsp3) is 0.357. The first kappa shape index (κ1) is 14.1. The van der Waals surface area contributed by atoms with Crippen LogP contribution in [-0.2, 0) is 6.54 Å². The van der Waals surface area contributed by atoms with E-state index in [9.17, 15) is 8.78 Å². The lowest BCUT2D eigenvalue weighted by molar-refractivity contribution is 0.517. The summed E-state index contributed by atoms with van der Waals surface area (Å²) in [5.41, 5.74) is 3.43. The number of halogens is 2. The second kappa shape index (κ2) is 5.75. The topological polar surface area (TPSA) is 24.9 Å². The zero-order valence-corrected chi connectivity index (χ0v) is 11.9. The molecule has 0 radical (unpaired) electrons. The number of aryl methyl sites for hydroxylation is 2. The Morgan fingerprint density at radius 1 is 1.26 bits per heavy atom. The predicted octanol–water partition coefficient (Wildman–Crippen LogP) is 3.89. The Morgan fingerprint density at radius 3 is 2.63 bits per heavy atom. The van der Waals surface area contributed by atoms with Gasteiger partial charge in [-0.3, -0.25) is 0 Å². The summed E-state index contributed by atoms with van der Waals surface area (Å²) in [6, 6.07) is 2.25.